The fourth-order valence-corrected chi connectivity index (χ4v) is 5.42. The number of thiol groups is 1. The number of carboxylic acids is 1. The molecular formula is C37H46N6O9S. The highest BCUT2D eigenvalue weighted by molar-refractivity contribution is 7.80. The minimum atomic E-state index is -1.35. The quantitative estimate of drug-likeness (QED) is 0.0745. The molecule has 10 N–H and O–H groups in total. The number of hydrogen-bond donors (Lipinski definition) is 10. The van der Waals surface area contributed by atoms with E-state index in [1.54, 1.807) is 26.0 Å². The number of carboxylic acid groups (broad SMARTS) is 1. The second-order valence-corrected chi connectivity index (χ2v) is 13.1. The van der Waals surface area contributed by atoms with Gasteiger partial charge in [-0.05, 0) is 53.3 Å². The van der Waals surface area contributed by atoms with Gasteiger partial charge in [0.25, 0.3) is 0 Å². The first-order chi connectivity index (χ1) is 25.2. The largest absolute Gasteiger partial charge is 0.508 e. The summed E-state index contributed by atoms with van der Waals surface area (Å²) in [6.07, 6.45) is 0.140. The second kappa shape index (κ2) is 20.4. The van der Waals surface area contributed by atoms with E-state index >= 15 is 0 Å². The molecule has 0 aromatic heterocycles. The van der Waals surface area contributed by atoms with Gasteiger partial charge in [0.15, 0.2) is 0 Å². The number of nitrogens with one attached hydrogen (secondary N) is 5. The summed E-state index contributed by atoms with van der Waals surface area (Å²) in [5, 5.41) is 41.4. The Balaban J connectivity index is 1.61. The molecule has 0 unspecified atom stereocenters. The SMILES string of the molecule is CC(C)[C@H](NC(=O)CNC(=O)[C@H](Cc1ccc(O)cc1)NC(=O)[C@@H](N)Cc1ccccc1)C(=O)N[C@@H](CS)C(=O)N[C@@H](Cc1ccc(O)cc1)C(=O)O. The van der Waals surface area contributed by atoms with E-state index in [9.17, 15) is 44.1 Å². The second-order valence-electron chi connectivity index (χ2n) is 12.7. The molecule has 284 valence electrons. The molecule has 0 radical (unpaired) electrons. The van der Waals surface area contributed by atoms with Crippen LogP contribution in [0.3, 0.4) is 0 Å². The van der Waals surface area contributed by atoms with Crippen LogP contribution in [0.1, 0.15) is 30.5 Å². The number of amides is 5. The minimum Gasteiger partial charge on any atom is -0.508 e. The van der Waals surface area contributed by atoms with E-state index in [4.69, 9.17) is 5.73 Å². The number of phenols is 2. The normalized spacial score (nSPS) is 13.8. The first kappa shape index (κ1) is 41.8. The summed E-state index contributed by atoms with van der Waals surface area (Å²) >= 11 is 4.14. The predicted octanol–water partition coefficient (Wildman–Crippen LogP) is 0.179. The Hall–Kier alpha value is -5.61. The molecular weight excluding hydrogens is 705 g/mol. The molecule has 0 spiro atoms. The Bertz CT molecular complexity index is 1710. The van der Waals surface area contributed by atoms with Crippen molar-refractivity contribution in [2.45, 2.75) is 63.3 Å². The third-order valence-corrected chi connectivity index (χ3v) is 8.50. The first-order valence-corrected chi connectivity index (χ1v) is 17.5. The van der Waals surface area contributed by atoms with Crippen LogP contribution >= 0.6 is 12.6 Å². The number of benzene rings is 3. The van der Waals surface area contributed by atoms with Crippen molar-refractivity contribution in [1.29, 1.82) is 0 Å². The Morgan fingerprint density at radius 3 is 1.62 bits per heavy atom. The molecule has 0 heterocycles. The van der Waals surface area contributed by atoms with Crippen LogP contribution in [0.4, 0.5) is 0 Å². The standard InChI is InChI=1S/C37H46N6O9S/c1-21(2)32(36(50)42-30(20-53)35(49)41-29(37(51)52)18-24-10-14-26(45)15-11-24)43-31(46)19-39-34(48)28(17-23-8-12-25(44)13-9-23)40-33(47)27(38)16-22-6-4-3-5-7-22/h3-15,21,27-30,32,44-45,53H,16-20,38H2,1-2H3,(H,39,48)(H,40,47)(H,41,49)(H,42,50)(H,43,46)(H,51,52)/t27-,28-,29-,30-,32-/m0/s1. The Labute approximate surface area is 312 Å². The molecule has 0 aliphatic rings. The van der Waals surface area contributed by atoms with Crippen molar-refractivity contribution in [1.82, 2.24) is 26.6 Å². The van der Waals surface area contributed by atoms with Gasteiger partial charge in [-0.3, -0.25) is 24.0 Å². The fourth-order valence-electron chi connectivity index (χ4n) is 5.16. The monoisotopic (exact) mass is 750 g/mol. The van der Waals surface area contributed by atoms with Crippen molar-refractivity contribution in [3.05, 3.63) is 95.6 Å². The summed E-state index contributed by atoms with van der Waals surface area (Å²) in [7, 11) is 0. The van der Waals surface area contributed by atoms with Crippen molar-refractivity contribution < 1.29 is 44.1 Å². The average molecular weight is 751 g/mol. The molecule has 16 heteroatoms. The van der Waals surface area contributed by atoms with Crippen LogP contribution in [-0.2, 0) is 48.0 Å². The number of hydrogen-bond acceptors (Lipinski definition) is 10. The maximum atomic E-state index is 13.3. The van der Waals surface area contributed by atoms with Gasteiger partial charge in [0, 0.05) is 18.6 Å². The molecule has 0 bridgehead atoms. The highest BCUT2D eigenvalue weighted by Crippen LogP contribution is 2.13. The average Bonchev–Trinajstić information content (AvgIpc) is 3.12. The van der Waals surface area contributed by atoms with Crippen LogP contribution in [0, 0.1) is 5.92 Å². The third kappa shape index (κ3) is 13.8. The third-order valence-electron chi connectivity index (χ3n) is 8.14. The van der Waals surface area contributed by atoms with E-state index in [2.05, 4.69) is 39.2 Å². The number of carbonyl (C=O) groups is 6. The molecule has 5 atom stereocenters. The van der Waals surface area contributed by atoms with Crippen LogP contribution < -0.4 is 32.3 Å². The van der Waals surface area contributed by atoms with Gasteiger partial charge in [-0.2, -0.15) is 12.6 Å². The van der Waals surface area contributed by atoms with Gasteiger partial charge >= 0.3 is 5.97 Å². The number of nitrogens with two attached hydrogens (primary N) is 1. The van der Waals surface area contributed by atoms with E-state index < -0.39 is 78.2 Å². The van der Waals surface area contributed by atoms with E-state index in [0.29, 0.717) is 11.1 Å². The lowest BCUT2D eigenvalue weighted by atomic mass is 10.0. The summed E-state index contributed by atoms with van der Waals surface area (Å²) in [6, 6.07) is 15.0. The Kier molecular flexibility index (Phi) is 16.1. The van der Waals surface area contributed by atoms with Gasteiger partial charge in [-0.15, -0.1) is 0 Å². The first-order valence-electron chi connectivity index (χ1n) is 16.8. The molecule has 0 aliphatic carbocycles. The van der Waals surface area contributed by atoms with Crippen molar-refractivity contribution >= 4 is 48.1 Å². The lowest BCUT2D eigenvalue weighted by Crippen LogP contribution is -2.58. The number of aliphatic carboxylic acids is 1. The summed E-state index contributed by atoms with van der Waals surface area (Å²) in [5.74, 6) is -5.57. The minimum absolute atomic E-state index is 0.00430. The zero-order valence-electron chi connectivity index (χ0n) is 29.3. The van der Waals surface area contributed by atoms with Gasteiger partial charge in [0.05, 0.1) is 12.6 Å². The molecule has 0 fully saturated rings. The molecule has 3 rings (SSSR count). The summed E-state index contributed by atoms with van der Waals surface area (Å²) in [5.41, 5.74) is 8.11. The molecule has 0 aliphatic heterocycles. The number of rotatable bonds is 19. The maximum absolute atomic E-state index is 13.3. The molecule has 0 saturated carbocycles. The van der Waals surface area contributed by atoms with E-state index in [1.165, 1.54) is 36.4 Å². The zero-order valence-corrected chi connectivity index (χ0v) is 30.2. The van der Waals surface area contributed by atoms with Crippen LogP contribution in [0.15, 0.2) is 78.9 Å². The van der Waals surface area contributed by atoms with E-state index in [1.807, 2.05) is 30.3 Å². The van der Waals surface area contributed by atoms with Crippen LogP contribution in [0.25, 0.3) is 0 Å². The number of phenolic OH excluding ortho intramolecular Hbond substituents is 2. The van der Waals surface area contributed by atoms with Crippen molar-refractivity contribution in [3.63, 3.8) is 0 Å². The zero-order chi connectivity index (χ0) is 39.1. The van der Waals surface area contributed by atoms with Gasteiger partial charge < -0.3 is 47.6 Å². The lowest BCUT2D eigenvalue weighted by molar-refractivity contribution is -0.142. The molecule has 0 saturated heterocycles. The van der Waals surface area contributed by atoms with E-state index in [0.717, 1.165) is 5.56 Å². The summed E-state index contributed by atoms with van der Waals surface area (Å²) in [4.78, 5) is 77.6. The van der Waals surface area contributed by atoms with Crippen LogP contribution in [-0.4, -0.2) is 93.3 Å². The lowest BCUT2D eigenvalue weighted by Gasteiger charge is -2.26. The number of aromatic hydroxyl groups is 2. The Morgan fingerprint density at radius 1 is 0.623 bits per heavy atom. The van der Waals surface area contributed by atoms with Crippen LogP contribution in [0.2, 0.25) is 0 Å². The van der Waals surface area contributed by atoms with Gasteiger partial charge in [0.1, 0.15) is 35.7 Å². The molecule has 5 amide bonds. The predicted molar refractivity (Wildman–Crippen MR) is 199 cm³/mol. The maximum Gasteiger partial charge on any atom is 0.326 e. The van der Waals surface area contributed by atoms with E-state index in [-0.39, 0.29) is 36.5 Å². The highest BCUT2D eigenvalue weighted by atomic mass is 32.1. The topological polar surface area (TPSA) is 249 Å². The summed E-state index contributed by atoms with van der Waals surface area (Å²) in [6.45, 7) is 2.74. The summed E-state index contributed by atoms with van der Waals surface area (Å²) < 4.78 is 0. The highest BCUT2D eigenvalue weighted by Gasteiger charge is 2.31. The van der Waals surface area contributed by atoms with Crippen molar-refractivity contribution in [3.8, 4) is 11.5 Å². The van der Waals surface area contributed by atoms with Crippen molar-refractivity contribution in [2.24, 2.45) is 11.7 Å². The smallest absolute Gasteiger partial charge is 0.326 e. The Morgan fingerprint density at radius 2 is 1.11 bits per heavy atom. The molecule has 3 aromatic rings. The van der Waals surface area contributed by atoms with Gasteiger partial charge in [-0.1, -0.05) is 68.4 Å². The fraction of sp³-hybridized carbons (Fsp3) is 0.351. The van der Waals surface area contributed by atoms with Crippen molar-refractivity contribution in [2.75, 3.05) is 12.3 Å². The van der Waals surface area contributed by atoms with Crippen LogP contribution in [0.5, 0.6) is 11.5 Å². The van der Waals surface area contributed by atoms with Gasteiger partial charge in [0.2, 0.25) is 29.5 Å². The molecule has 53 heavy (non-hydrogen) atoms. The van der Waals surface area contributed by atoms with Gasteiger partial charge in [-0.25, -0.2) is 4.79 Å². The number of carbonyl (C=O) groups excluding carboxylic acids is 5. The molecule has 3 aromatic carbocycles. The molecule has 15 nitrogen and oxygen atoms in total.